The lowest BCUT2D eigenvalue weighted by Gasteiger charge is -2.34. The summed E-state index contributed by atoms with van der Waals surface area (Å²) in [7, 11) is 0. The van der Waals surface area contributed by atoms with Crippen LogP contribution in [0.4, 0.5) is 5.82 Å². The molecule has 0 saturated carbocycles. The summed E-state index contributed by atoms with van der Waals surface area (Å²) < 4.78 is 4.98. The molecule has 1 amide bonds. The summed E-state index contributed by atoms with van der Waals surface area (Å²) in [5.41, 5.74) is 5.47. The Kier molecular flexibility index (Phi) is 4.72. The summed E-state index contributed by atoms with van der Waals surface area (Å²) >= 11 is 0. The minimum atomic E-state index is -0.730. The van der Waals surface area contributed by atoms with Gasteiger partial charge in [0.2, 0.25) is 0 Å². The largest absolute Gasteiger partial charge is 0.451 e. The Morgan fingerprint density at radius 3 is 2.52 bits per heavy atom. The molecular weight excluding hydrogens is 272 g/mol. The van der Waals surface area contributed by atoms with Crippen molar-refractivity contribution >= 4 is 17.7 Å². The van der Waals surface area contributed by atoms with E-state index in [1.54, 1.807) is 4.90 Å². The number of hydrogen-bond donors (Lipinski definition) is 1. The number of hydrogen-bond acceptors (Lipinski definition) is 6. The molecule has 7 nitrogen and oxygen atoms in total. The maximum atomic E-state index is 12.1. The van der Waals surface area contributed by atoms with E-state index in [1.165, 1.54) is 12.4 Å². The van der Waals surface area contributed by atoms with E-state index in [-0.39, 0.29) is 24.0 Å². The van der Waals surface area contributed by atoms with Crippen LogP contribution in [-0.4, -0.2) is 46.4 Å². The predicted octanol–water partition coefficient (Wildman–Crippen LogP) is 0.720. The Hall–Kier alpha value is -2.18. The fourth-order valence-electron chi connectivity index (χ4n) is 2.66. The van der Waals surface area contributed by atoms with E-state index < -0.39 is 5.97 Å². The van der Waals surface area contributed by atoms with Crippen molar-refractivity contribution in [1.82, 2.24) is 14.9 Å². The van der Waals surface area contributed by atoms with Gasteiger partial charge in [0.25, 0.3) is 5.91 Å². The van der Waals surface area contributed by atoms with Crippen LogP contribution in [0.3, 0.4) is 0 Å². The number of aromatic nitrogens is 2. The number of esters is 1. The Morgan fingerprint density at radius 2 is 1.90 bits per heavy atom. The van der Waals surface area contributed by atoms with Crippen LogP contribution in [0.25, 0.3) is 0 Å². The molecule has 2 atom stereocenters. The van der Waals surface area contributed by atoms with Crippen molar-refractivity contribution in [1.29, 1.82) is 0 Å². The molecule has 1 aromatic rings. The summed E-state index contributed by atoms with van der Waals surface area (Å²) in [5.74, 6) is -0.000457. The second kappa shape index (κ2) is 6.51. The van der Waals surface area contributed by atoms with Gasteiger partial charge in [-0.3, -0.25) is 4.79 Å². The Balaban J connectivity index is 1.89. The van der Waals surface area contributed by atoms with Crippen molar-refractivity contribution in [2.75, 3.05) is 25.4 Å². The molecule has 0 spiro atoms. The van der Waals surface area contributed by atoms with E-state index in [0.717, 1.165) is 6.42 Å². The number of amides is 1. The Labute approximate surface area is 123 Å². The molecule has 1 aliphatic heterocycles. The first kappa shape index (κ1) is 15.2. The highest BCUT2D eigenvalue weighted by atomic mass is 16.5. The van der Waals surface area contributed by atoms with Gasteiger partial charge in [-0.2, -0.15) is 0 Å². The van der Waals surface area contributed by atoms with Crippen LogP contribution in [0, 0.1) is 11.8 Å². The highest BCUT2D eigenvalue weighted by Gasteiger charge is 2.26. The monoisotopic (exact) mass is 292 g/mol. The van der Waals surface area contributed by atoms with Crippen LogP contribution in [0.2, 0.25) is 0 Å². The van der Waals surface area contributed by atoms with Gasteiger partial charge >= 0.3 is 5.97 Å². The first-order valence-electron chi connectivity index (χ1n) is 6.98. The fourth-order valence-corrected chi connectivity index (χ4v) is 2.66. The number of nitrogens with two attached hydrogens (primary N) is 1. The van der Waals surface area contributed by atoms with Gasteiger partial charge in [-0.1, -0.05) is 13.8 Å². The van der Waals surface area contributed by atoms with Crippen molar-refractivity contribution < 1.29 is 14.3 Å². The van der Waals surface area contributed by atoms with Crippen LogP contribution in [0.15, 0.2) is 12.4 Å². The molecule has 0 bridgehead atoms. The molecule has 0 aliphatic carbocycles. The first-order valence-corrected chi connectivity index (χ1v) is 6.98. The molecule has 7 heteroatoms. The van der Waals surface area contributed by atoms with E-state index in [4.69, 9.17) is 10.5 Å². The lowest BCUT2D eigenvalue weighted by atomic mass is 9.92. The first-order chi connectivity index (χ1) is 9.97. The molecule has 0 radical (unpaired) electrons. The van der Waals surface area contributed by atoms with E-state index in [2.05, 4.69) is 23.8 Å². The van der Waals surface area contributed by atoms with Crippen LogP contribution in [0.1, 0.15) is 30.8 Å². The number of nitrogens with zero attached hydrogens (tertiary/aromatic N) is 3. The maximum Gasteiger partial charge on any atom is 0.361 e. The lowest BCUT2D eigenvalue weighted by Crippen LogP contribution is -2.44. The zero-order valence-electron chi connectivity index (χ0n) is 12.3. The van der Waals surface area contributed by atoms with Crippen LogP contribution in [-0.2, 0) is 9.53 Å². The third kappa shape index (κ3) is 3.90. The summed E-state index contributed by atoms with van der Waals surface area (Å²) in [6.45, 7) is 5.33. The lowest BCUT2D eigenvalue weighted by molar-refractivity contribution is -0.137. The molecular formula is C14H20N4O3. The maximum absolute atomic E-state index is 12.1. The van der Waals surface area contributed by atoms with E-state index in [0.29, 0.717) is 24.9 Å². The number of carbonyl (C=O) groups is 2. The third-order valence-electron chi connectivity index (χ3n) is 3.47. The highest BCUT2D eigenvalue weighted by molar-refractivity contribution is 5.93. The van der Waals surface area contributed by atoms with Gasteiger partial charge in [-0.15, -0.1) is 0 Å². The number of nitrogen functional groups attached to an aromatic ring is 1. The molecule has 0 unspecified atom stereocenters. The second-order valence-corrected chi connectivity index (χ2v) is 5.61. The van der Waals surface area contributed by atoms with Gasteiger partial charge in [0.1, 0.15) is 0 Å². The predicted molar refractivity (Wildman–Crippen MR) is 76.3 cm³/mol. The average molecular weight is 292 g/mol. The van der Waals surface area contributed by atoms with Gasteiger partial charge in [0, 0.05) is 25.5 Å². The van der Waals surface area contributed by atoms with Crippen LogP contribution in [0.5, 0.6) is 0 Å². The van der Waals surface area contributed by atoms with Crippen molar-refractivity contribution in [3.8, 4) is 0 Å². The van der Waals surface area contributed by atoms with Gasteiger partial charge in [0.05, 0.1) is 0 Å². The van der Waals surface area contributed by atoms with Gasteiger partial charge in [0.15, 0.2) is 18.1 Å². The van der Waals surface area contributed by atoms with Crippen LogP contribution < -0.4 is 5.73 Å². The molecule has 1 aromatic heterocycles. The van der Waals surface area contributed by atoms with Crippen molar-refractivity contribution in [3.05, 3.63) is 18.1 Å². The van der Waals surface area contributed by atoms with Gasteiger partial charge < -0.3 is 15.4 Å². The third-order valence-corrected chi connectivity index (χ3v) is 3.47. The topological polar surface area (TPSA) is 98.4 Å². The second-order valence-electron chi connectivity index (χ2n) is 5.61. The van der Waals surface area contributed by atoms with Gasteiger partial charge in [-0.05, 0) is 18.3 Å². The SMILES string of the molecule is C[C@@H]1C[C@H](C)CN(C(=O)COC(=O)c2nccnc2N)C1. The molecule has 2 rings (SSSR count). The van der Waals surface area contributed by atoms with Gasteiger partial charge in [-0.25, -0.2) is 14.8 Å². The summed E-state index contributed by atoms with van der Waals surface area (Å²) in [4.78, 5) is 33.2. The number of piperidine rings is 1. The van der Waals surface area contributed by atoms with Crippen LogP contribution >= 0.6 is 0 Å². The smallest absolute Gasteiger partial charge is 0.361 e. The van der Waals surface area contributed by atoms with Crippen molar-refractivity contribution in [2.45, 2.75) is 20.3 Å². The zero-order chi connectivity index (χ0) is 15.4. The quantitative estimate of drug-likeness (QED) is 0.824. The minimum Gasteiger partial charge on any atom is -0.451 e. The Bertz CT molecular complexity index is 525. The summed E-state index contributed by atoms with van der Waals surface area (Å²) in [6, 6.07) is 0. The van der Waals surface area contributed by atoms with Crippen molar-refractivity contribution in [2.24, 2.45) is 11.8 Å². The standard InChI is InChI=1S/C14H20N4O3/c1-9-5-10(2)7-18(6-9)11(19)8-21-14(20)12-13(15)17-4-3-16-12/h3-4,9-10H,5-8H2,1-2H3,(H2,15,17)/t9-,10+. The Morgan fingerprint density at radius 1 is 1.29 bits per heavy atom. The van der Waals surface area contributed by atoms with E-state index in [9.17, 15) is 9.59 Å². The molecule has 2 N–H and O–H groups in total. The highest BCUT2D eigenvalue weighted by Crippen LogP contribution is 2.20. The minimum absolute atomic E-state index is 0.00448. The fraction of sp³-hybridized carbons (Fsp3) is 0.571. The van der Waals surface area contributed by atoms with E-state index in [1.807, 2.05) is 0 Å². The normalized spacial score (nSPS) is 21.9. The summed E-state index contributed by atoms with van der Waals surface area (Å²) in [6.07, 6.45) is 3.84. The number of likely N-dealkylation sites (tertiary alicyclic amines) is 1. The molecule has 1 fully saturated rings. The molecule has 21 heavy (non-hydrogen) atoms. The number of rotatable bonds is 3. The molecule has 0 aromatic carbocycles. The van der Waals surface area contributed by atoms with E-state index >= 15 is 0 Å². The number of anilines is 1. The summed E-state index contributed by atoms with van der Waals surface area (Å²) in [5, 5.41) is 0. The molecule has 1 saturated heterocycles. The average Bonchev–Trinajstić information content (AvgIpc) is 2.43. The number of carbonyl (C=O) groups excluding carboxylic acids is 2. The van der Waals surface area contributed by atoms with Crippen molar-refractivity contribution in [3.63, 3.8) is 0 Å². The molecule has 2 heterocycles. The number of ether oxygens (including phenoxy) is 1. The zero-order valence-corrected chi connectivity index (χ0v) is 12.3. The molecule has 114 valence electrons. The molecule has 1 aliphatic rings.